The number of carbonyl (C=O) groups excluding carboxylic acids is 1. The lowest BCUT2D eigenvalue weighted by Gasteiger charge is -1.97. The lowest BCUT2D eigenvalue weighted by atomic mass is 10.1. The number of hydrogen-bond acceptors (Lipinski definition) is 1. The summed E-state index contributed by atoms with van der Waals surface area (Å²) in [5.41, 5.74) is 0.955. The predicted octanol–water partition coefficient (Wildman–Crippen LogP) is 3.34. The van der Waals surface area contributed by atoms with Gasteiger partial charge in [0.2, 0.25) is 5.24 Å². The van der Waals surface area contributed by atoms with Crippen molar-refractivity contribution in [3.8, 4) is 0 Å². The number of alkyl halides is 2. The summed E-state index contributed by atoms with van der Waals surface area (Å²) in [6.07, 6.45) is 0. The fraction of sp³-hybridized carbons (Fsp3) is 0.300. The van der Waals surface area contributed by atoms with Gasteiger partial charge in [0.05, 0.1) is 5.92 Å². The summed E-state index contributed by atoms with van der Waals surface area (Å²) in [6.45, 7) is 0. The maximum atomic E-state index is 11.0. The Balaban J connectivity index is 2.28. The molecule has 1 aromatic carbocycles. The molecule has 2 rings (SSSR count). The Kier molecular flexibility index (Phi) is 2.50. The topological polar surface area (TPSA) is 17.1 Å². The minimum atomic E-state index is -1.03. The van der Waals surface area contributed by atoms with Crippen LogP contribution in [0.5, 0.6) is 0 Å². The van der Waals surface area contributed by atoms with Crippen LogP contribution in [0.1, 0.15) is 11.5 Å². The standard InChI is InChI=1S/C10H7Cl3O/c11-9(14)8-7(10(8,12)13)6-4-2-1-3-5-6/h1-5,7-8H/t7-,8+/m1/s1. The van der Waals surface area contributed by atoms with Gasteiger partial charge in [-0.05, 0) is 17.2 Å². The van der Waals surface area contributed by atoms with Crippen molar-refractivity contribution in [3.63, 3.8) is 0 Å². The summed E-state index contributed by atoms with van der Waals surface area (Å²) in [4.78, 5) is 11.0. The van der Waals surface area contributed by atoms with E-state index in [1.54, 1.807) is 0 Å². The SMILES string of the molecule is O=C(Cl)[C@@H]1[C@@H](c2ccccc2)C1(Cl)Cl. The van der Waals surface area contributed by atoms with Crippen LogP contribution in [0.4, 0.5) is 0 Å². The Morgan fingerprint density at radius 3 is 2.21 bits per heavy atom. The van der Waals surface area contributed by atoms with E-state index in [2.05, 4.69) is 0 Å². The van der Waals surface area contributed by atoms with Gasteiger partial charge in [-0.1, -0.05) is 30.3 Å². The van der Waals surface area contributed by atoms with Crippen molar-refractivity contribution in [2.24, 2.45) is 5.92 Å². The van der Waals surface area contributed by atoms with Crippen molar-refractivity contribution in [1.29, 1.82) is 0 Å². The molecule has 4 heteroatoms. The fourth-order valence-corrected chi connectivity index (χ4v) is 2.92. The summed E-state index contributed by atoms with van der Waals surface area (Å²) < 4.78 is -1.03. The molecule has 0 radical (unpaired) electrons. The summed E-state index contributed by atoms with van der Waals surface area (Å²) >= 11 is 17.3. The number of carbonyl (C=O) groups is 1. The zero-order chi connectivity index (χ0) is 10.3. The molecule has 0 heterocycles. The first kappa shape index (κ1) is 10.3. The van der Waals surface area contributed by atoms with Crippen molar-refractivity contribution in [1.82, 2.24) is 0 Å². The van der Waals surface area contributed by atoms with Crippen LogP contribution in [0.25, 0.3) is 0 Å². The normalized spacial score (nSPS) is 28.5. The van der Waals surface area contributed by atoms with Crippen molar-refractivity contribution < 1.29 is 4.79 Å². The number of rotatable bonds is 2. The zero-order valence-electron chi connectivity index (χ0n) is 7.08. The van der Waals surface area contributed by atoms with Crippen LogP contribution in [-0.4, -0.2) is 9.58 Å². The van der Waals surface area contributed by atoms with E-state index in [0.717, 1.165) is 5.56 Å². The monoisotopic (exact) mass is 248 g/mol. The lowest BCUT2D eigenvalue weighted by Crippen LogP contribution is -1.96. The molecule has 0 aromatic heterocycles. The Hall–Kier alpha value is -0.240. The fourth-order valence-electron chi connectivity index (χ4n) is 1.68. The Bertz CT molecular complexity index is 361. The van der Waals surface area contributed by atoms with Gasteiger partial charge in [0, 0.05) is 5.92 Å². The highest BCUT2D eigenvalue weighted by Gasteiger charge is 2.67. The molecule has 0 unspecified atom stereocenters. The lowest BCUT2D eigenvalue weighted by molar-refractivity contribution is -0.112. The third-order valence-corrected chi connectivity index (χ3v) is 3.63. The molecule has 1 nitrogen and oxygen atoms in total. The second-order valence-electron chi connectivity index (χ2n) is 3.34. The van der Waals surface area contributed by atoms with Crippen LogP contribution in [0, 0.1) is 5.92 Å². The van der Waals surface area contributed by atoms with Crippen LogP contribution in [-0.2, 0) is 4.79 Å². The van der Waals surface area contributed by atoms with Gasteiger partial charge in [-0.2, -0.15) is 0 Å². The molecule has 1 aromatic rings. The van der Waals surface area contributed by atoms with E-state index in [1.807, 2.05) is 30.3 Å². The van der Waals surface area contributed by atoms with Crippen LogP contribution >= 0.6 is 34.8 Å². The molecule has 1 aliphatic rings. The molecular weight excluding hydrogens is 242 g/mol. The molecular formula is C10H7Cl3O. The van der Waals surface area contributed by atoms with E-state index in [0.29, 0.717) is 0 Å². The van der Waals surface area contributed by atoms with Gasteiger partial charge in [-0.25, -0.2) is 0 Å². The number of halogens is 3. The van der Waals surface area contributed by atoms with Crippen LogP contribution in [0.15, 0.2) is 30.3 Å². The smallest absolute Gasteiger partial charge is 0.228 e. The van der Waals surface area contributed by atoms with Crippen molar-refractivity contribution in [3.05, 3.63) is 35.9 Å². The molecule has 0 amide bonds. The van der Waals surface area contributed by atoms with Crippen molar-refractivity contribution in [2.75, 3.05) is 0 Å². The third-order valence-electron chi connectivity index (χ3n) is 2.46. The Labute approximate surface area is 97.0 Å². The molecule has 0 saturated heterocycles. The second-order valence-corrected chi connectivity index (χ2v) is 5.16. The molecule has 74 valence electrons. The summed E-state index contributed by atoms with van der Waals surface area (Å²) in [5.74, 6) is -0.646. The van der Waals surface area contributed by atoms with Crippen molar-refractivity contribution in [2.45, 2.75) is 10.3 Å². The molecule has 0 aliphatic heterocycles. The van der Waals surface area contributed by atoms with E-state index < -0.39 is 15.5 Å². The molecule has 1 fully saturated rings. The first-order valence-electron chi connectivity index (χ1n) is 4.17. The van der Waals surface area contributed by atoms with Gasteiger partial charge >= 0.3 is 0 Å². The van der Waals surface area contributed by atoms with Gasteiger partial charge < -0.3 is 0 Å². The molecule has 14 heavy (non-hydrogen) atoms. The minimum absolute atomic E-state index is 0.169. The third kappa shape index (κ3) is 1.54. The molecule has 1 aliphatic carbocycles. The molecule has 0 N–H and O–H groups in total. The molecule has 0 bridgehead atoms. The zero-order valence-corrected chi connectivity index (χ0v) is 9.35. The molecule has 2 atom stereocenters. The first-order valence-corrected chi connectivity index (χ1v) is 5.30. The largest absolute Gasteiger partial charge is 0.281 e. The van der Waals surface area contributed by atoms with E-state index in [1.165, 1.54) is 0 Å². The predicted molar refractivity (Wildman–Crippen MR) is 58.0 cm³/mol. The van der Waals surface area contributed by atoms with E-state index in [4.69, 9.17) is 34.8 Å². The molecule has 1 saturated carbocycles. The van der Waals surface area contributed by atoms with Crippen LogP contribution in [0.2, 0.25) is 0 Å². The van der Waals surface area contributed by atoms with Gasteiger partial charge in [0.15, 0.2) is 0 Å². The second kappa shape index (κ2) is 3.41. The summed E-state index contributed by atoms with van der Waals surface area (Å²) in [6, 6.07) is 9.45. The maximum absolute atomic E-state index is 11.0. The van der Waals surface area contributed by atoms with Crippen LogP contribution < -0.4 is 0 Å². The minimum Gasteiger partial charge on any atom is -0.281 e. The van der Waals surface area contributed by atoms with Crippen LogP contribution in [0.3, 0.4) is 0 Å². The average Bonchev–Trinajstić information content (AvgIpc) is 2.71. The highest BCUT2D eigenvalue weighted by atomic mass is 35.5. The van der Waals surface area contributed by atoms with E-state index in [-0.39, 0.29) is 5.92 Å². The van der Waals surface area contributed by atoms with E-state index >= 15 is 0 Å². The van der Waals surface area contributed by atoms with Crippen molar-refractivity contribution >= 4 is 40.0 Å². The summed E-state index contributed by atoms with van der Waals surface area (Å²) in [5, 5.41) is -0.469. The number of hydrogen-bond donors (Lipinski definition) is 0. The Morgan fingerprint density at radius 1 is 1.21 bits per heavy atom. The quantitative estimate of drug-likeness (QED) is 0.580. The number of benzene rings is 1. The molecule has 0 spiro atoms. The van der Waals surface area contributed by atoms with Gasteiger partial charge in [-0.3, -0.25) is 4.79 Å². The average molecular weight is 250 g/mol. The van der Waals surface area contributed by atoms with E-state index in [9.17, 15) is 4.79 Å². The Morgan fingerprint density at radius 2 is 1.79 bits per heavy atom. The van der Waals surface area contributed by atoms with Gasteiger partial charge in [-0.15, -0.1) is 23.2 Å². The highest BCUT2D eigenvalue weighted by molar-refractivity contribution is 6.68. The summed E-state index contributed by atoms with van der Waals surface area (Å²) in [7, 11) is 0. The highest BCUT2D eigenvalue weighted by Crippen LogP contribution is 2.65. The first-order chi connectivity index (χ1) is 6.55. The maximum Gasteiger partial charge on any atom is 0.228 e. The van der Waals surface area contributed by atoms with Gasteiger partial charge in [0.1, 0.15) is 4.33 Å². The van der Waals surface area contributed by atoms with Gasteiger partial charge in [0.25, 0.3) is 0 Å².